The van der Waals surface area contributed by atoms with Gasteiger partial charge in [0.2, 0.25) is 5.91 Å². The van der Waals surface area contributed by atoms with Gasteiger partial charge in [-0.2, -0.15) is 0 Å². The molecule has 104 valence electrons. The molecule has 1 atom stereocenters. The number of nitrogens with one attached hydrogen (secondary N) is 1. The van der Waals surface area contributed by atoms with Crippen LogP contribution in [0.1, 0.15) is 50.2 Å². The van der Waals surface area contributed by atoms with E-state index >= 15 is 0 Å². The molecule has 1 saturated carbocycles. The van der Waals surface area contributed by atoms with Crippen molar-refractivity contribution < 1.29 is 4.79 Å². The van der Waals surface area contributed by atoms with Crippen LogP contribution < -0.4 is 5.43 Å². The number of hydrogen-bond acceptors (Lipinski definition) is 2. The second-order valence-corrected chi connectivity index (χ2v) is 5.85. The number of carbonyl (C=O) groups excluding carboxylic acids is 1. The maximum atomic E-state index is 12.3. The number of carbonyl (C=O) groups is 1. The third-order valence-electron chi connectivity index (χ3n) is 4.15. The molecule has 2 rings (SSSR count). The first-order valence-electron chi connectivity index (χ1n) is 7.08. The van der Waals surface area contributed by atoms with Crippen molar-refractivity contribution in [2.75, 3.05) is 14.1 Å². The zero-order valence-electron chi connectivity index (χ0n) is 12.4. The van der Waals surface area contributed by atoms with Gasteiger partial charge in [-0.05, 0) is 36.3 Å². The second-order valence-electron chi connectivity index (χ2n) is 5.85. The standard InChI is InChI=1S/C16H24N2O/c1-5-12(2)13-6-8-14(9-7-13)16(10-11-16)15(19)17-18(3)4/h6-9,12H,5,10-11H2,1-4H3,(H,17,19). The molecular weight excluding hydrogens is 236 g/mol. The Labute approximate surface area is 116 Å². The van der Waals surface area contributed by atoms with E-state index in [1.807, 2.05) is 14.1 Å². The Morgan fingerprint density at radius 2 is 1.89 bits per heavy atom. The lowest BCUT2D eigenvalue weighted by Crippen LogP contribution is -2.42. The van der Waals surface area contributed by atoms with Gasteiger partial charge >= 0.3 is 0 Å². The van der Waals surface area contributed by atoms with Crippen molar-refractivity contribution in [1.82, 2.24) is 10.4 Å². The number of hydrazine groups is 1. The molecule has 0 aliphatic heterocycles. The van der Waals surface area contributed by atoms with E-state index in [0.717, 1.165) is 24.8 Å². The van der Waals surface area contributed by atoms with Crippen LogP contribution >= 0.6 is 0 Å². The molecule has 19 heavy (non-hydrogen) atoms. The lowest BCUT2D eigenvalue weighted by molar-refractivity contribution is -0.127. The van der Waals surface area contributed by atoms with Crippen LogP contribution in [0.5, 0.6) is 0 Å². The molecule has 0 bridgehead atoms. The molecule has 3 heteroatoms. The minimum Gasteiger partial charge on any atom is -0.289 e. The van der Waals surface area contributed by atoms with E-state index in [2.05, 4.69) is 43.5 Å². The fraction of sp³-hybridized carbons (Fsp3) is 0.562. The number of amides is 1. The minimum absolute atomic E-state index is 0.119. The van der Waals surface area contributed by atoms with Gasteiger partial charge in [-0.3, -0.25) is 10.2 Å². The summed E-state index contributed by atoms with van der Waals surface area (Å²) in [6.07, 6.45) is 3.05. The monoisotopic (exact) mass is 260 g/mol. The Balaban J connectivity index is 2.16. The van der Waals surface area contributed by atoms with E-state index in [4.69, 9.17) is 0 Å². The summed E-state index contributed by atoms with van der Waals surface area (Å²) in [6.45, 7) is 4.44. The average Bonchev–Trinajstić information content (AvgIpc) is 3.19. The van der Waals surface area contributed by atoms with Crippen LogP contribution in [-0.4, -0.2) is 25.0 Å². The van der Waals surface area contributed by atoms with Crippen molar-refractivity contribution in [3.05, 3.63) is 35.4 Å². The molecule has 1 aliphatic carbocycles. The van der Waals surface area contributed by atoms with Crippen molar-refractivity contribution >= 4 is 5.91 Å². The lowest BCUT2D eigenvalue weighted by atomic mass is 9.91. The second kappa shape index (κ2) is 5.33. The summed E-state index contributed by atoms with van der Waals surface area (Å²) in [5, 5.41) is 1.72. The number of nitrogens with zero attached hydrogens (tertiary/aromatic N) is 1. The molecule has 1 aliphatic rings. The largest absolute Gasteiger partial charge is 0.289 e. The Morgan fingerprint density at radius 1 is 1.32 bits per heavy atom. The molecule has 0 saturated heterocycles. The minimum atomic E-state index is -0.280. The van der Waals surface area contributed by atoms with Gasteiger partial charge in [0.1, 0.15) is 0 Å². The first-order chi connectivity index (χ1) is 8.99. The third kappa shape index (κ3) is 2.81. The van der Waals surface area contributed by atoms with E-state index in [1.54, 1.807) is 5.01 Å². The van der Waals surface area contributed by atoms with Crippen molar-refractivity contribution in [2.24, 2.45) is 0 Å². The van der Waals surface area contributed by atoms with Crippen LogP contribution in [0.25, 0.3) is 0 Å². The molecule has 0 aromatic heterocycles. The summed E-state index contributed by atoms with van der Waals surface area (Å²) in [6, 6.07) is 8.60. The molecule has 1 aromatic rings. The highest BCUT2D eigenvalue weighted by Gasteiger charge is 2.51. The first-order valence-corrected chi connectivity index (χ1v) is 7.08. The smallest absolute Gasteiger partial charge is 0.244 e. The molecule has 1 fully saturated rings. The van der Waals surface area contributed by atoms with Gasteiger partial charge in [-0.25, -0.2) is 5.01 Å². The van der Waals surface area contributed by atoms with Crippen LogP contribution in [0.15, 0.2) is 24.3 Å². The summed E-state index contributed by atoms with van der Waals surface area (Å²) in [5.74, 6) is 0.702. The van der Waals surface area contributed by atoms with Crippen molar-refractivity contribution in [3.8, 4) is 0 Å². The summed E-state index contributed by atoms with van der Waals surface area (Å²) in [5.41, 5.74) is 5.12. The van der Waals surface area contributed by atoms with Crippen molar-refractivity contribution in [1.29, 1.82) is 0 Å². The lowest BCUT2D eigenvalue weighted by Gasteiger charge is -2.20. The maximum Gasteiger partial charge on any atom is 0.244 e. The predicted molar refractivity (Wildman–Crippen MR) is 77.9 cm³/mol. The van der Waals surface area contributed by atoms with E-state index in [-0.39, 0.29) is 11.3 Å². The quantitative estimate of drug-likeness (QED) is 0.826. The van der Waals surface area contributed by atoms with Gasteiger partial charge in [-0.1, -0.05) is 38.1 Å². The van der Waals surface area contributed by atoms with E-state index in [1.165, 1.54) is 5.56 Å². The zero-order chi connectivity index (χ0) is 14.0. The summed E-state index contributed by atoms with van der Waals surface area (Å²) in [4.78, 5) is 12.3. The molecular formula is C16H24N2O. The molecule has 1 amide bonds. The van der Waals surface area contributed by atoms with Gasteiger partial charge in [0.05, 0.1) is 5.41 Å². The van der Waals surface area contributed by atoms with Crippen LogP contribution in [0, 0.1) is 0 Å². The maximum absolute atomic E-state index is 12.3. The molecule has 1 aromatic carbocycles. The Bertz CT molecular complexity index is 446. The highest BCUT2D eigenvalue weighted by atomic mass is 16.2. The van der Waals surface area contributed by atoms with Gasteiger partial charge in [0.15, 0.2) is 0 Å². The first kappa shape index (κ1) is 14.1. The highest BCUT2D eigenvalue weighted by molar-refractivity contribution is 5.90. The molecule has 1 unspecified atom stereocenters. The van der Waals surface area contributed by atoms with Gasteiger partial charge in [-0.15, -0.1) is 0 Å². The fourth-order valence-electron chi connectivity index (χ4n) is 2.45. The van der Waals surface area contributed by atoms with Crippen molar-refractivity contribution in [2.45, 2.75) is 44.4 Å². The molecule has 0 heterocycles. The predicted octanol–water partition coefficient (Wildman–Crippen LogP) is 2.82. The van der Waals surface area contributed by atoms with Crippen molar-refractivity contribution in [3.63, 3.8) is 0 Å². The zero-order valence-corrected chi connectivity index (χ0v) is 12.4. The van der Waals surface area contributed by atoms with E-state index < -0.39 is 0 Å². The Kier molecular flexibility index (Phi) is 3.95. The summed E-state index contributed by atoms with van der Waals surface area (Å²) < 4.78 is 0. The number of benzene rings is 1. The number of rotatable bonds is 5. The summed E-state index contributed by atoms with van der Waals surface area (Å²) in [7, 11) is 3.69. The van der Waals surface area contributed by atoms with Crippen LogP contribution in [0.4, 0.5) is 0 Å². The van der Waals surface area contributed by atoms with Gasteiger partial charge < -0.3 is 0 Å². The molecule has 3 nitrogen and oxygen atoms in total. The normalized spacial score (nSPS) is 18.2. The Hall–Kier alpha value is -1.35. The van der Waals surface area contributed by atoms with Gasteiger partial charge in [0.25, 0.3) is 0 Å². The third-order valence-corrected chi connectivity index (χ3v) is 4.15. The van der Waals surface area contributed by atoms with Gasteiger partial charge in [0, 0.05) is 14.1 Å². The van der Waals surface area contributed by atoms with E-state index in [9.17, 15) is 4.79 Å². The average molecular weight is 260 g/mol. The Morgan fingerprint density at radius 3 is 2.32 bits per heavy atom. The fourth-order valence-corrected chi connectivity index (χ4v) is 2.45. The number of hydrogen-bond donors (Lipinski definition) is 1. The molecule has 1 N–H and O–H groups in total. The highest BCUT2D eigenvalue weighted by Crippen LogP contribution is 2.48. The van der Waals surface area contributed by atoms with E-state index in [0.29, 0.717) is 5.92 Å². The van der Waals surface area contributed by atoms with Crippen LogP contribution in [0.3, 0.4) is 0 Å². The molecule has 0 radical (unpaired) electrons. The van der Waals surface area contributed by atoms with Crippen LogP contribution in [-0.2, 0) is 10.2 Å². The molecule has 0 spiro atoms. The SMILES string of the molecule is CCC(C)c1ccc(C2(C(=O)NN(C)C)CC2)cc1. The summed E-state index contributed by atoms with van der Waals surface area (Å²) >= 11 is 0. The topological polar surface area (TPSA) is 32.3 Å². The van der Waals surface area contributed by atoms with Crippen LogP contribution in [0.2, 0.25) is 0 Å².